The molecule has 5 rings (SSSR count). The van der Waals surface area contributed by atoms with Crippen LogP contribution in [0.25, 0.3) is 34.2 Å². The minimum absolute atomic E-state index is 0.204. The van der Waals surface area contributed by atoms with E-state index in [0.717, 1.165) is 11.1 Å². The normalized spacial score (nSPS) is 14.1. The Bertz CT molecular complexity index is 1150. The van der Waals surface area contributed by atoms with E-state index in [1.807, 2.05) is 42.5 Å². The number of carbonyl (C=O) groups excluding carboxylic acids is 1. The summed E-state index contributed by atoms with van der Waals surface area (Å²) in [4.78, 5) is 27.8. The molecule has 0 aliphatic carbocycles. The van der Waals surface area contributed by atoms with Crippen molar-refractivity contribution in [1.29, 1.82) is 0 Å². The number of oxazole rings is 2. The molecule has 0 bridgehead atoms. The van der Waals surface area contributed by atoms with E-state index < -0.39 is 0 Å². The van der Waals surface area contributed by atoms with E-state index in [9.17, 15) is 4.79 Å². The van der Waals surface area contributed by atoms with Gasteiger partial charge in [0.05, 0.1) is 13.2 Å². The number of rotatable bonds is 4. The van der Waals surface area contributed by atoms with Crippen LogP contribution in [-0.2, 0) is 4.74 Å². The van der Waals surface area contributed by atoms with Gasteiger partial charge < -0.3 is 18.5 Å². The molecule has 0 unspecified atom stereocenters. The minimum Gasteiger partial charge on any atom is -0.441 e. The largest absolute Gasteiger partial charge is 0.441 e. The lowest BCUT2D eigenvalue weighted by Crippen LogP contribution is -2.41. The van der Waals surface area contributed by atoms with Gasteiger partial charge in [0.25, 0.3) is 5.91 Å². The van der Waals surface area contributed by atoms with Gasteiger partial charge in [0.15, 0.2) is 29.3 Å². The van der Waals surface area contributed by atoms with E-state index in [-0.39, 0.29) is 17.4 Å². The Labute approximate surface area is 172 Å². The highest BCUT2D eigenvalue weighted by molar-refractivity contribution is 5.98. The highest BCUT2D eigenvalue weighted by Gasteiger charge is 2.29. The Morgan fingerprint density at radius 3 is 2.53 bits per heavy atom. The zero-order chi connectivity index (χ0) is 20.3. The molecule has 0 spiro atoms. The van der Waals surface area contributed by atoms with Crippen LogP contribution in [0.2, 0.25) is 0 Å². The lowest BCUT2D eigenvalue weighted by molar-refractivity contribution is 0.0299. The monoisotopic (exact) mass is 402 g/mol. The van der Waals surface area contributed by atoms with Crippen molar-refractivity contribution in [2.45, 2.75) is 0 Å². The molecule has 8 nitrogen and oxygen atoms in total. The molecule has 1 aliphatic heterocycles. The first-order chi connectivity index (χ1) is 14.8. The summed E-state index contributed by atoms with van der Waals surface area (Å²) >= 11 is 0. The Kier molecular flexibility index (Phi) is 4.82. The molecule has 8 heteroatoms. The lowest BCUT2D eigenvalue weighted by Gasteiger charge is -2.26. The van der Waals surface area contributed by atoms with Crippen molar-refractivity contribution in [3.05, 3.63) is 66.9 Å². The third-order valence-electron chi connectivity index (χ3n) is 4.86. The van der Waals surface area contributed by atoms with Crippen molar-refractivity contribution >= 4 is 5.91 Å². The van der Waals surface area contributed by atoms with Crippen LogP contribution >= 0.6 is 0 Å². The van der Waals surface area contributed by atoms with Crippen molar-refractivity contribution < 1.29 is 18.4 Å². The zero-order valence-corrected chi connectivity index (χ0v) is 16.0. The Morgan fingerprint density at radius 2 is 1.77 bits per heavy atom. The third-order valence-corrected chi connectivity index (χ3v) is 4.86. The van der Waals surface area contributed by atoms with Gasteiger partial charge in [0.2, 0.25) is 5.89 Å². The van der Waals surface area contributed by atoms with Crippen molar-refractivity contribution in [3.8, 4) is 34.2 Å². The molecule has 1 aromatic carbocycles. The Morgan fingerprint density at radius 1 is 0.967 bits per heavy atom. The number of aromatic nitrogens is 3. The summed E-state index contributed by atoms with van der Waals surface area (Å²) in [5, 5.41) is 0. The molecule has 0 N–H and O–H groups in total. The molecule has 0 atom stereocenters. The standard InChI is InChI=1S/C22H18N4O4/c27-22(26-9-11-28-12-10-26)18-20(29-14-24-18)17-19(16-7-4-8-23-13-16)30-21(25-17)15-5-2-1-3-6-15/h1-8,13-14H,9-12H2. The molecule has 4 heterocycles. The number of nitrogens with zero attached hydrogens (tertiary/aromatic N) is 4. The first-order valence-electron chi connectivity index (χ1n) is 9.59. The predicted molar refractivity (Wildman–Crippen MR) is 107 cm³/mol. The lowest BCUT2D eigenvalue weighted by atomic mass is 10.1. The van der Waals surface area contributed by atoms with Crippen LogP contribution in [0, 0.1) is 0 Å². The van der Waals surface area contributed by atoms with E-state index in [2.05, 4.69) is 15.0 Å². The maximum absolute atomic E-state index is 13.1. The van der Waals surface area contributed by atoms with Gasteiger partial charge in [-0.25, -0.2) is 9.97 Å². The molecule has 3 aromatic heterocycles. The second-order valence-electron chi connectivity index (χ2n) is 6.74. The molecule has 1 aliphatic rings. The Balaban J connectivity index is 1.62. The average molecular weight is 402 g/mol. The van der Waals surface area contributed by atoms with Crippen molar-refractivity contribution in [1.82, 2.24) is 19.9 Å². The van der Waals surface area contributed by atoms with Crippen LogP contribution in [0.1, 0.15) is 10.5 Å². The molecule has 4 aromatic rings. The quantitative estimate of drug-likeness (QED) is 0.515. The van der Waals surface area contributed by atoms with Crippen molar-refractivity contribution in [2.75, 3.05) is 26.3 Å². The second-order valence-corrected chi connectivity index (χ2v) is 6.74. The zero-order valence-electron chi connectivity index (χ0n) is 16.0. The molecule has 150 valence electrons. The summed E-state index contributed by atoms with van der Waals surface area (Å²) in [6, 6.07) is 13.2. The molecular weight excluding hydrogens is 384 g/mol. The van der Waals surface area contributed by atoms with E-state index in [4.69, 9.17) is 13.6 Å². The van der Waals surface area contributed by atoms with Gasteiger partial charge in [0, 0.05) is 36.6 Å². The molecule has 1 saturated heterocycles. The molecule has 30 heavy (non-hydrogen) atoms. The molecule has 0 radical (unpaired) electrons. The van der Waals surface area contributed by atoms with Crippen LogP contribution in [0.3, 0.4) is 0 Å². The fourth-order valence-corrected chi connectivity index (χ4v) is 3.35. The van der Waals surface area contributed by atoms with Crippen LogP contribution in [-0.4, -0.2) is 52.1 Å². The summed E-state index contributed by atoms with van der Waals surface area (Å²) in [7, 11) is 0. The Hall–Kier alpha value is -3.78. The first-order valence-corrected chi connectivity index (χ1v) is 9.59. The highest BCUT2D eigenvalue weighted by Crippen LogP contribution is 2.37. The molecule has 1 fully saturated rings. The van der Waals surface area contributed by atoms with E-state index in [1.54, 1.807) is 17.3 Å². The summed E-state index contributed by atoms with van der Waals surface area (Å²) in [5.74, 6) is 0.945. The van der Waals surface area contributed by atoms with Gasteiger partial charge in [-0.15, -0.1) is 0 Å². The summed E-state index contributed by atoms with van der Waals surface area (Å²) < 4.78 is 17.1. The predicted octanol–water partition coefficient (Wildman–Crippen LogP) is 3.53. The number of ether oxygens (including phenoxy) is 1. The maximum atomic E-state index is 13.1. The first kappa shape index (κ1) is 18.3. The molecule has 1 amide bonds. The van der Waals surface area contributed by atoms with Crippen LogP contribution in [0.5, 0.6) is 0 Å². The average Bonchev–Trinajstić information content (AvgIpc) is 3.48. The van der Waals surface area contributed by atoms with Crippen LogP contribution < -0.4 is 0 Å². The number of morpholine rings is 1. The highest BCUT2D eigenvalue weighted by atomic mass is 16.5. The number of hydrogen-bond acceptors (Lipinski definition) is 7. The smallest absolute Gasteiger partial charge is 0.276 e. The number of pyridine rings is 1. The van der Waals surface area contributed by atoms with E-state index >= 15 is 0 Å². The summed E-state index contributed by atoms with van der Waals surface area (Å²) in [6.07, 6.45) is 4.62. The number of hydrogen-bond donors (Lipinski definition) is 0. The fraction of sp³-hybridized carbons (Fsp3) is 0.182. The van der Waals surface area contributed by atoms with Gasteiger partial charge in [-0.3, -0.25) is 9.78 Å². The topological polar surface area (TPSA) is 94.5 Å². The van der Waals surface area contributed by atoms with Gasteiger partial charge in [-0.05, 0) is 24.3 Å². The van der Waals surface area contributed by atoms with Crippen molar-refractivity contribution in [3.63, 3.8) is 0 Å². The maximum Gasteiger partial charge on any atom is 0.276 e. The summed E-state index contributed by atoms with van der Waals surface area (Å²) in [6.45, 7) is 2.02. The SMILES string of the molecule is O=C(c1ncoc1-c1nc(-c2ccccc2)oc1-c1cccnc1)N1CCOCC1. The van der Waals surface area contributed by atoms with Gasteiger partial charge in [-0.2, -0.15) is 0 Å². The number of amides is 1. The third kappa shape index (κ3) is 3.37. The number of benzene rings is 1. The minimum atomic E-state index is -0.219. The van der Waals surface area contributed by atoms with Crippen LogP contribution in [0.4, 0.5) is 0 Å². The van der Waals surface area contributed by atoms with Crippen LogP contribution in [0.15, 0.2) is 70.1 Å². The van der Waals surface area contributed by atoms with Gasteiger partial charge in [0.1, 0.15) is 0 Å². The summed E-state index contributed by atoms with van der Waals surface area (Å²) in [5.41, 5.74) is 2.16. The fourth-order valence-electron chi connectivity index (χ4n) is 3.35. The van der Waals surface area contributed by atoms with E-state index in [1.165, 1.54) is 6.39 Å². The molecule has 0 saturated carbocycles. The van der Waals surface area contributed by atoms with E-state index in [0.29, 0.717) is 43.6 Å². The van der Waals surface area contributed by atoms with Gasteiger partial charge >= 0.3 is 0 Å². The van der Waals surface area contributed by atoms with Crippen molar-refractivity contribution in [2.24, 2.45) is 0 Å². The number of carbonyl (C=O) groups is 1. The second kappa shape index (κ2) is 7.92. The molecular formula is C22H18N4O4. The van der Waals surface area contributed by atoms with Gasteiger partial charge in [-0.1, -0.05) is 18.2 Å².